The van der Waals surface area contributed by atoms with Gasteiger partial charge in [0.1, 0.15) is 0 Å². The quantitative estimate of drug-likeness (QED) is 0.480. The van der Waals surface area contributed by atoms with Crippen molar-refractivity contribution < 1.29 is 0 Å². The van der Waals surface area contributed by atoms with Crippen LogP contribution in [0.1, 0.15) is 16.7 Å². The maximum absolute atomic E-state index is 13.8. The third-order valence-corrected chi connectivity index (χ3v) is 6.82. The fraction of sp³-hybridized carbons (Fsp3) is 0.259. The zero-order valence-corrected chi connectivity index (χ0v) is 19.9. The minimum atomic E-state index is -0.357. The molecule has 0 saturated carbocycles. The van der Waals surface area contributed by atoms with Crippen molar-refractivity contribution in [3.05, 3.63) is 109 Å². The van der Waals surface area contributed by atoms with Crippen molar-refractivity contribution in [1.29, 1.82) is 0 Å². The van der Waals surface area contributed by atoms with Gasteiger partial charge in [-0.15, -0.1) is 0 Å². The van der Waals surface area contributed by atoms with Crippen LogP contribution < -0.4 is 21.5 Å². The van der Waals surface area contributed by atoms with Crippen LogP contribution in [0.15, 0.2) is 76.3 Å². The fourth-order valence-electron chi connectivity index (χ4n) is 4.60. The molecule has 1 aromatic heterocycles. The van der Waals surface area contributed by atoms with E-state index >= 15 is 0 Å². The van der Waals surface area contributed by atoms with Gasteiger partial charge in [0.25, 0.3) is 5.56 Å². The molecule has 0 aliphatic carbocycles. The maximum atomic E-state index is 13.8. The minimum Gasteiger partial charge on any atom is -0.369 e. The molecule has 4 aromatic rings. The first kappa shape index (κ1) is 22.4. The van der Waals surface area contributed by atoms with Crippen LogP contribution in [-0.4, -0.2) is 35.3 Å². The number of piperazine rings is 1. The maximum Gasteiger partial charge on any atom is 0.332 e. The van der Waals surface area contributed by atoms with E-state index in [4.69, 9.17) is 11.6 Å². The standard InChI is InChI=1S/C27H27ClN4O2/c1-19-7-5-6-10-21(19)18-32-26(33)25-23(28)15-22(30-13-11-29-12-14-30)16-24(25)31(27(32)34)17-20-8-3-2-4-9-20/h2-10,15-16,29H,11-14,17-18H2,1H3. The Morgan fingerprint density at radius 1 is 0.882 bits per heavy atom. The first-order valence-corrected chi connectivity index (χ1v) is 11.9. The van der Waals surface area contributed by atoms with Gasteiger partial charge in [-0.2, -0.15) is 0 Å². The topological polar surface area (TPSA) is 59.3 Å². The SMILES string of the molecule is Cc1ccccc1Cn1c(=O)c2c(Cl)cc(N3CCNCC3)cc2n(Cc2ccccc2)c1=O. The summed E-state index contributed by atoms with van der Waals surface area (Å²) in [6.45, 7) is 5.98. The van der Waals surface area contributed by atoms with Crippen LogP contribution in [0.4, 0.5) is 5.69 Å². The molecule has 0 atom stereocenters. The Balaban J connectivity index is 1.74. The van der Waals surface area contributed by atoms with E-state index in [0.29, 0.717) is 22.5 Å². The summed E-state index contributed by atoms with van der Waals surface area (Å²) in [5.74, 6) is 0. The van der Waals surface area contributed by atoms with Gasteiger partial charge in [0.15, 0.2) is 0 Å². The number of anilines is 1. The van der Waals surface area contributed by atoms with E-state index < -0.39 is 0 Å². The number of benzene rings is 3. The van der Waals surface area contributed by atoms with Crippen LogP contribution in [0.25, 0.3) is 10.9 Å². The lowest BCUT2D eigenvalue weighted by atomic mass is 10.1. The highest BCUT2D eigenvalue weighted by atomic mass is 35.5. The Labute approximate surface area is 203 Å². The molecule has 1 saturated heterocycles. The first-order chi connectivity index (χ1) is 16.5. The zero-order valence-electron chi connectivity index (χ0n) is 19.1. The molecule has 34 heavy (non-hydrogen) atoms. The van der Waals surface area contributed by atoms with Gasteiger partial charge in [0, 0.05) is 31.9 Å². The second-order valence-electron chi connectivity index (χ2n) is 8.73. The molecule has 1 aliphatic heterocycles. The predicted octanol–water partition coefficient (Wildman–Crippen LogP) is 3.63. The molecule has 174 valence electrons. The average molecular weight is 475 g/mol. The number of halogens is 1. The van der Waals surface area contributed by atoms with E-state index in [1.54, 1.807) is 4.57 Å². The number of rotatable bonds is 5. The fourth-order valence-corrected chi connectivity index (χ4v) is 4.88. The number of aryl methyl sites for hydroxylation is 1. The molecule has 0 unspecified atom stereocenters. The second-order valence-corrected chi connectivity index (χ2v) is 9.14. The number of aromatic nitrogens is 2. The molecule has 0 spiro atoms. The number of nitrogens with zero attached hydrogens (tertiary/aromatic N) is 3. The van der Waals surface area contributed by atoms with Crippen LogP contribution in [0.2, 0.25) is 5.02 Å². The van der Waals surface area contributed by atoms with Crippen LogP contribution in [-0.2, 0) is 13.1 Å². The Bertz CT molecular complexity index is 1450. The highest BCUT2D eigenvalue weighted by Crippen LogP contribution is 2.28. The number of hydrogen-bond donors (Lipinski definition) is 1. The van der Waals surface area contributed by atoms with Crippen molar-refractivity contribution in [2.75, 3.05) is 31.1 Å². The van der Waals surface area contributed by atoms with Crippen molar-refractivity contribution in [2.45, 2.75) is 20.0 Å². The third kappa shape index (κ3) is 4.27. The first-order valence-electron chi connectivity index (χ1n) is 11.5. The normalized spacial score (nSPS) is 14.0. The molecule has 0 amide bonds. The summed E-state index contributed by atoms with van der Waals surface area (Å²) >= 11 is 6.75. The Morgan fingerprint density at radius 2 is 1.59 bits per heavy atom. The summed E-state index contributed by atoms with van der Waals surface area (Å²) in [6, 6.07) is 21.4. The van der Waals surface area contributed by atoms with Crippen LogP contribution in [0.3, 0.4) is 0 Å². The molecule has 6 nitrogen and oxygen atoms in total. The molecule has 2 heterocycles. The van der Waals surface area contributed by atoms with Gasteiger partial charge in [-0.05, 0) is 35.7 Å². The van der Waals surface area contributed by atoms with Gasteiger partial charge in [-0.25, -0.2) is 4.79 Å². The van der Waals surface area contributed by atoms with Gasteiger partial charge in [0.2, 0.25) is 0 Å². The molecule has 1 fully saturated rings. The van der Waals surface area contributed by atoms with Crippen molar-refractivity contribution in [3.8, 4) is 0 Å². The average Bonchev–Trinajstić information content (AvgIpc) is 2.86. The van der Waals surface area contributed by atoms with Gasteiger partial charge < -0.3 is 10.2 Å². The summed E-state index contributed by atoms with van der Waals surface area (Å²) in [7, 11) is 0. The van der Waals surface area contributed by atoms with Crippen LogP contribution >= 0.6 is 11.6 Å². The smallest absolute Gasteiger partial charge is 0.332 e. The molecule has 7 heteroatoms. The van der Waals surface area contributed by atoms with E-state index in [2.05, 4.69) is 10.2 Å². The van der Waals surface area contributed by atoms with Crippen molar-refractivity contribution in [3.63, 3.8) is 0 Å². The summed E-state index contributed by atoms with van der Waals surface area (Å²) in [6.07, 6.45) is 0. The van der Waals surface area contributed by atoms with Crippen LogP contribution in [0.5, 0.6) is 0 Å². The van der Waals surface area contributed by atoms with Crippen LogP contribution in [0, 0.1) is 6.92 Å². The summed E-state index contributed by atoms with van der Waals surface area (Å²) < 4.78 is 2.99. The highest BCUT2D eigenvalue weighted by Gasteiger charge is 2.20. The largest absolute Gasteiger partial charge is 0.369 e. The lowest BCUT2D eigenvalue weighted by Crippen LogP contribution is -2.44. The second kappa shape index (κ2) is 9.49. The van der Waals surface area contributed by atoms with E-state index in [1.165, 1.54) is 4.57 Å². The molecule has 1 aliphatic rings. The van der Waals surface area contributed by atoms with E-state index in [-0.39, 0.29) is 17.8 Å². The minimum absolute atomic E-state index is 0.199. The van der Waals surface area contributed by atoms with E-state index in [9.17, 15) is 9.59 Å². The molecule has 1 N–H and O–H groups in total. The Morgan fingerprint density at radius 3 is 2.32 bits per heavy atom. The molecular weight excluding hydrogens is 448 g/mol. The van der Waals surface area contributed by atoms with Crippen molar-refractivity contribution in [2.24, 2.45) is 0 Å². The molecule has 3 aromatic carbocycles. The summed E-state index contributed by atoms with van der Waals surface area (Å²) in [4.78, 5) is 29.6. The van der Waals surface area contributed by atoms with Crippen molar-refractivity contribution >= 4 is 28.2 Å². The predicted molar refractivity (Wildman–Crippen MR) is 138 cm³/mol. The monoisotopic (exact) mass is 474 g/mol. The van der Waals surface area contributed by atoms with Crippen molar-refractivity contribution in [1.82, 2.24) is 14.5 Å². The molecule has 5 rings (SSSR count). The number of hydrogen-bond acceptors (Lipinski definition) is 4. The van der Waals surface area contributed by atoms with Gasteiger partial charge >= 0.3 is 5.69 Å². The molecule has 0 radical (unpaired) electrons. The van der Waals surface area contributed by atoms with E-state index in [0.717, 1.165) is 48.6 Å². The lowest BCUT2D eigenvalue weighted by Gasteiger charge is -2.30. The Hall–Kier alpha value is -3.35. The highest BCUT2D eigenvalue weighted by molar-refractivity contribution is 6.35. The molecule has 0 bridgehead atoms. The summed E-state index contributed by atoms with van der Waals surface area (Å²) in [5.41, 5.74) is 3.75. The number of nitrogens with one attached hydrogen (secondary N) is 1. The van der Waals surface area contributed by atoms with Gasteiger partial charge in [-0.3, -0.25) is 13.9 Å². The van der Waals surface area contributed by atoms with E-state index in [1.807, 2.05) is 73.7 Å². The zero-order chi connectivity index (χ0) is 23.7. The third-order valence-electron chi connectivity index (χ3n) is 6.52. The van der Waals surface area contributed by atoms with Gasteiger partial charge in [-0.1, -0.05) is 66.2 Å². The molecular formula is C27H27ClN4O2. The summed E-state index contributed by atoms with van der Waals surface area (Å²) in [5, 5.41) is 4.10. The number of fused-ring (bicyclic) bond motifs is 1. The van der Waals surface area contributed by atoms with Gasteiger partial charge in [0.05, 0.1) is 29.0 Å². The Kier molecular flexibility index (Phi) is 6.26. The lowest BCUT2D eigenvalue weighted by molar-refractivity contribution is 0.589.